The van der Waals surface area contributed by atoms with Crippen molar-refractivity contribution in [1.82, 2.24) is 0 Å². The Balaban J connectivity index is 2.34. The quantitative estimate of drug-likeness (QED) is 0.667. The Kier molecular flexibility index (Phi) is 3.56. The van der Waals surface area contributed by atoms with Crippen LogP contribution in [-0.4, -0.2) is 8.76 Å². The molecule has 88 valence electrons. The lowest BCUT2D eigenvalue weighted by atomic mass is 10.0. The van der Waals surface area contributed by atoms with E-state index in [1.807, 2.05) is 36.4 Å². The number of nitrogens with two attached hydrogens (primary N) is 1. The summed E-state index contributed by atoms with van der Waals surface area (Å²) in [5, 5.41) is 0. The molecule has 2 aromatic rings. The lowest BCUT2D eigenvalue weighted by Gasteiger charge is -2.10. The fourth-order valence-corrected chi connectivity index (χ4v) is 2.18. The molecule has 0 aliphatic heterocycles. The topological polar surface area (TPSA) is 66.2 Å². The number of anilines is 1. The van der Waals surface area contributed by atoms with Crippen LogP contribution in [0.3, 0.4) is 0 Å². The highest BCUT2D eigenvalue weighted by atomic mass is 32.2. The maximum absolute atomic E-state index is 10.6. The monoisotopic (exact) mass is 246 g/mol. The van der Waals surface area contributed by atoms with Crippen molar-refractivity contribution in [3.63, 3.8) is 0 Å². The van der Waals surface area contributed by atoms with Crippen molar-refractivity contribution >= 4 is 16.8 Å². The summed E-state index contributed by atoms with van der Waals surface area (Å²) in [7, 11) is 0. The number of rotatable bonds is 3. The fourth-order valence-electron chi connectivity index (χ4n) is 1.66. The van der Waals surface area contributed by atoms with Crippen LogP contribution in [-0.2, 0) is 16.8 Å². The fraction of sp³-hybridized carbons (Fsp3) is 0.0769. The maximum Gasteiger partial charge on any atom is 0.0373 e. The molecule has 0 fully saturated rings. The van der Waals surface area contributed by atoms with E-state index in [0.29, 0.717) is 11.3 Å². The lowest BCUT2D eigenvalue weighted by molar-refractivity contribution is 0.536. The van der Waals surface area contributed by atoms with Crippen LogP contribution in [0.2, 0.25) is 0 Å². The van der Waals surface area contributed by atoms with E-state index >= 15 is 0 Å². The Morgan fingerprint density at radius 1 is 1.06 bits per heavy atom. The first kappa shape index (κ1) is 11.8. The Hall–Kier alpha value is -1.65. The Morgan fingerprint density at radius 2 is 1.76 bits per heavy atom. The van der Waals surface area contributed by atoms with E-state index in [9.17, 15) is 8.76 Å². The van der Waals surface area contributed by atoms with E-state index in [-0.39, 0.29) is 5.75 Å². The maximum atomic E-state index is 10.6. The zero-order chi connectivity index (χ0) is 12.3. The summed E-state index contributed by atoms with van der Waals surface area (Å²) in [6.45, 7) is 0. The highest BCUT2D eigenvalue weighted by Crippen LogP contribution is 2.24. The average molecular weight is 246 g/mol. The van der Waals surface area contributed by atoms with Crippen molar-refractivity contribution in [2.75, 3.05) is 5.73 Å². The standard InChI is InChI=1S/C13H13NO2S/c14-13-8-11(10-4-2-1-3-5-10)6-7-12(13)9-17(15)16/h1-8H,9,14H2,(H,15,16)/p-1. The van der Waals surface area contributed by atoms with Gasteiger partial charge in [-0.25, -0.2) is 0 Å². The molecule has 0 heterocycles. The number of benzene rings is 2. The van der Waals surface area contributed by atoms with Crippen LogP contribution < -0.4 is 5.73 Å². The van der Waals surface area contributed by atoms with Crippen LogP contribution >= 0.6 is 0 Å². The molecule has 1 atom stereocenters. The molecule has 4 heteroatoms. The van der Waals surface area contributed by atoms with Gasteiger partial charge < -0.3 is 10.3 Å². The largest absolute Gasteiger partial charge is 0.772 e. The molecular weight excluding hydrogens is 234 g/mol. The summed E-state index contributed by atoms with van der Waals surface area (Å²) < 4.78 is 21.2. The molecule has 0 aliphatic rings. The van der Waals surface area contributed by atoms with Gasteiger partial charge in [0.25, 0.3) is 0 Å². The highest BCUT2D eigenvalue weighted by molar-refractivity contribution is 7.78. The van der Waals surface area contributed by atoms with Gasteiger partial charge in [0, 0.05) is 11.4 Å². The average Bonchev–Trinajstić information content (AvgIpc) is 2.32. The second kappa shape index (κ2) is 5.12. The van der Waals surface area contributed by atoms with Crippen molar-refractivity contribution in [3.05, 3.63) is 54.1 Å². The van der Waals surface area contributed by atoms with Crippen LogP contribution in [0.4, 0.5) is 5.69 Å². The molecule has 2 N–H and O–H groups in total. The number of hydrogen-bond acceptors (Lipinski definition) is 3. The van der Waals surface area contributed by atoms with Gasteiger partial charge in [-0.1, -0.05) is 53.5 Å². The molecule has 0 saturated heterocycles. The molecule has 2 aromatic carbocycles. The molecule has 2 rings (SSSR count). The minimum atomic E-state index is -2.11. The summed E-state index contributed by atoms with van der Waals surface area (Å²) in [6.07, 6.45) is 0. The van der Waals surface area contributed by atoms with Gasteiger partial charge in [-0.15, -0.1) is 0 Å². The summed E-state index contributed by atoms with van der Waals surface area (Å²) in [5.74, 6) is -0.0408. The molecule has 3 nitrogen and oxygen atoms in total. The Labute approximate surface area is 103 Å². The summed E-state index contributed by atoms with van der Waals surface area (Å²) >= 11 is -2.11. The number of hydrogen-bond donors (Lipinski definition) is 1. The van der Waals surface area contributed by atoms with Crippen LogP contribution in [0.25, 0.3) is 11.1 Å². The first-order valence-electron chi connectivity index (χ1n) is 5.16. The van der Waals surface area contributed by atoms with Crippen molar-refractivity contribution < 1.29 is 8.76 Å². The van der Waals surface area contributed by atoms with Crippen molar-refractivity contribution in [2.45, 2.75) is 5.75 Å². The van der Waals surface area contributed by atoms with Crippen molar-refractivity contribution in [1.29, 1.82) is 0 Å². The van der Waals surface area contributed by atoms with Gasteiger partial charge in [0.1, 0.15) is 0 Å². The van der Waals surface area contributed by atoms with E-state index in [1.165, 1.54) is 0 Å². The minimum absolute atomic E-state index is 0.0408. The molecule has 0 amide bonds. The third-order valence-corrected chi connectivity index (χ3v) is 3.07. The summed E-state index contributed by atoms with van der Waals surface area (Å²) in [6, 6.07) is 15.3. The minimum Gasteiger partial charge on any atom is -0.772 e. The normalized spacial score (nSPS) is 12.3. The SMILES string of the molecule is Nc1cc(-c2ccccc2)ccc1CS(=O)[O-]. The molecule has 0 spiro atoms. The summed E-state index contributed by atoms with van der Waals surface area (Å²) in [5.41, 5.74) is 9.03. The molecular formula is C13H12NO2S-. The van der Waals surface area contributed by atoms with E-state index < -0.39 is 11.1 Å². The van der Waals surface area contributed by atoms with Gasteiger partial charge in [-0.05, 0) is 22.8 Å². The molecule has 0 aliphatic carbocycles. The highest BCUT2D eigenvalue weighted by Gasteiger charge is 2.02. The first-order chi connectivity index (χ1) is 8.16. The molecule has 17 heavy (non-hydrogen) atoms. The lowest BCUT2D eigenvalue weighted by Crippen LogP contribution is -1.99. The summed E-state index contributed by atoms with van der Waals surface area (Å²) in [4.78, 5) is 0. The molecule has 0 radical (unpaired) electrons. The van der Waals surface area contributed by atoms with Gasteiger partial charge >= 0.3 is 0 Å². The molecule has 1 unspecified atom stereocenters. The van der Waals surface area contributed by atoms with Gasteiger partial charge in [-0.2, -0.15) is 0 Å². The smallest absolute Gasteiger partial charge is 0.0373 e. The van der Waals surface area contributed by atoms with Gasteiger partial charge in [0.15, 0.2) is 0 Å². The van der Waals surface area contributed by atoms with E-state index in [1.54, 1.807) is 12.1 Å². The molecule has 0 aromatic heterocycles. The Morgan fingerprint density at radius 3 is 2.35 bits per heavy atom. The second-order valence-electron chi connectivity index (χ2n) is 3.73. The number of nitrogen functional groups attached to an aromatic ring is 1. The Bertz CT molecular complexity index is 540. The van der Waals surface area contributed by atoms with Crippen LogP contribution in [0, 0.1) is 0 Å². The molecule has 0 bridgehead atoms. The van der Waals surface area contributed by atoms with Crippen LogP contribution in [0.15, 0.2) is 48.5 Å². The van der Waals surface area contributed by atoms with Gasteiger partial charge in [-0.3, -0.25) is 4.21 Å². The predicted molar refractivity (Wildman–Crippen MR) is 68.9 cm³/mol. The third kappa shape index (κ3) is 2.93. The zero-order valence-corrected chi connectivity index (χ0v) is 9.94. The van der Waals surface area contributed by atoms with Gasteiger partial charge in [0.2, 0.25) is 0 Å². The predicted octanol–water partition coefficient (Wildman–Crippen LogP) is 2.31. The zero-order valence-electron chi connectivity index (χ0n) is 9.13. The van der Waals surface area contributed by atoms with Gasteiger partial charge in [0.05, 0.1) is 0 Å². The third-order valence-electron chi connectivity index (χ3n) is 2.53. The second-order valence-corrected chi connectivity index (χ2v) is 4.62. The van der Waals surface area contributed by atoms with Crippen LogP contribution in [0.1, 0.15) is 5.56 Å². The first-order valence-corrected chi connectivity index (χ1v) is 6.41. The van der Waals surface area contributed by atoms with E-state index in [2.05, 4.69) is 0 Å². The van der Waals surface area contributed by atoms with E-state index in [0.717, 1.165) is 11.1 Å². The van der Waals surface area contributed by atoms with Crippen molar-refractivity contribution in [3.8, 4) is 11.1 Å². The van der Waals surface area contributed by atoms with Crippen LogP contribution in [0.5, 0.6) is 0 Å². The van der Waals surface area contributed by atoms with E-state index in [4.69, 9.17) is 5.73 Å². The molecule has 0 saturated carbocycles. The van der Waals surface area contributed by atoms with Crippen molar-refractivity contribution in [2.24, 2.45) is 0 Å².